The van der Waals surface area contributed by atoms with Gasteiger partial charge in [0.05, 0.1) is 12.9 Å². The summed E-state index contributed by atoms with van der Waals surface area (Å²) in [6.07, 6.45) is 1.69. The van der Waals surface area contributed by atoms with Gasteiger partial charge in [-0.1, -0.05) is 30.3 Å². The summed E-state index contributed by atoms with van der Waals surface area (Å²) in [6.45, 7) is 4.08. The molecule has 0 saturated heterocycles. The van der Waals surface area contributed by atoms with Crippen molar-refractivity contribution >= 4 is 39.5 Å². The second-order valence-corrected chi connectivity index (χ2v) is 7.06. The van der Waals surface area contributed by atoms with E-state index in [2.05, 4.69) is 22.1 Å². The average Bonchev–Trinajstić information content (AvgIpc) is 2.98. The van der Waals surface area contributed by atoms with Crippen LogP contribution in [-0.4, -0.2) is 42.9 Å². The topological polar surface area (TPSA) is 54.8 Å². The Balaban J connectivity index is 2.33. The number of hydrogen-bond acceptors (Lipinski definition) is 5. The highest BCUT2D eigenvalue weighted by Gasteiger charge is 2.23. The molecule has 6 heteroatoms. The number of benzene rings is 1. The van der Waals surface area contributed by atoms with Gasteiger partial charge >= 0.3 is 5.97 Å². The zero-order chi connectivity index (χ0) is 18.7. The summed E-state index contributed by atoms with van der Waals surface area (Å²) in [5.74, 6) is -0.363. The number of hydrogen-bond donors (Lipinski definition) is 0. The van der Waals surface area contributed by atoms with E-state index in [1.165, 1.54) is 11.3 Å². The summed E-state index contributed by atoms with van der Waals surface area (Å²) >= 11 is 1.33. The molecule has 0 fully saturated rings. The number of carbonyl (C=O) groups excluding carboxylic acids is 1. The Kier molecular flexibility index (Phi) is 5.32. The van der Waals surface area contributed by atoms with E-state index in [1.54, 1.807) is 13.3 Å². The highest BCUT2D eigenvalue weighted by molar-refractivity contribution is 7.21. The van der Waals surface area contributed by atoms with Crippen molar-refractivity contribution in [3.05, 3.63) is 47.0 Å². The smallest absolute Gasteiger partial charge is 0.350 e. The maximum atomic E-state index is 12.5. The fraction of sp³-hybridized carbons (Fsp3) is 0.250. The maximum Gasteiger partial charge on any atom is 0.350 e. The number of aromatic nitrogens is 1. The molecule has 3 aromatic rings. The van der Waals surface area contributed by atoms with Crippen LogP contribution in [0.1, 0.15) is 22.3 Å². The first kappa shape index (κ1) is 18.1. The molecule has 0 aliphatic rings. The molecule has 0 atom stereocenters. The van der Waals surface area contributed by atoms with Crippen LogP contribution in [0.15, 0.2) is 41.4 Å². The van der Waals surface area contributed by atoms with Crippen molar-refractivity contribution in [3.63, 3.8) is 0 Å². The van der Waals surface area contributed by atoms with E-state index in [-0.39, 0.29) is 5.97 Å². The Bertz CT molecular complexity index is 962. The lowest BCUT2D eigenvalue weighted by atomic mass is 10.0. The third-order valence-electron chi connectivity index (χ3n) is 3.73. The van der Waals surface area contributed by atoms with Crippen LogP contribution in [-0.2, 0) is 4.74 Å². The Morgan fingerprint density at radius 2 is 2.04 bits per heavy atom. The monoisotopic (exact) mass is 367 g/mol. The van der Waals surface area contributed by atoms with E-state index < -0.39 is 0 Å². The highest BCUT2D eigenvalue weighted by atomic mass is 32.1. The predicted molar refractivity (Wildman–Crippen MR) is 108 cm³/mol. The fourth-order valence-corrected chi connectivity index (χ4v) is 3.77. The minimum absolute atomic E-state index is 0.321. The van der Waals surface area contributed by atoms with Crippen LogP contribution in [0.3, 0.4) is 0 Å². The molecule has 0 radical (unpaired) electrons. The average molecular weight is 367 g/mol. The molecule has 5 nitrogen and oxygen atoms in total. The molecular formula is C20H21N3O2S. The molecule has 0 amide bonds. The summed E-state index contributed by atoms with van der Waals surface area (Å²) in [4.78, 5) is 24.8. The molecule has 3 rings (SSSR count). The Morgan fingerprint density at radius 3 is 2.69 bits per heavy atom. The van der Waals surface area contributed by atoms with Gasteiger partial charge in [-0.25, -0.2) is 14.8 Å². The predicted octanol–water partition coefficient (Wildman–Crippen LogP) is 4.67. The van der Waals surface area contributed by atoms with Crippen LogP contribution in [0.25, 0.3) is 21.3 Å². The van der Waals surface area contributed by atoms with Crippen LogP contribution in [0.5, 0.6) is 0 Å². The Labute approximate surface area is 157 Å². The molecule has 0 spiro atoms. The van der Waals surface area contributed by atoms with Gasteiger partial charge in [0.25, 0.3) is 0 Å². The first-order valence-corrected chi connectivity index (χ1v) is 9.20. The number of nitrogens with zero attached hydrogens (tertiary/aromatic N) is 3. The third-order valence-corrected chi connectivity index (χ3v) is 4.78. The summed E-state index contributed by atoms with van der Waals surface area (Å²) in [7, 11) is 3.78. The molecular weight excluding hydrogens is 346 g/mol. The molecule has 0 unspecified atom stereocenters. The van der Waals surface area contributed by atoms with Crippen LogP contribution < -0.4 is 0 Å². The number of fused-ring (bicyclic) bond motifs is 1. The van der Waals surface area contributed by atoms with Crippen LogP contribution >= 0.6 is 11.3 Å². The number of pyridine rings is 1. The minimum atomic E-state index is -0.363. The lowest BCUT2D eigenvalue weighted by Gasteiger charge is -2.08. The lowest BCUT2D eigenvalue weighted by molar-refractivity contribution is 0.0533. The molecule has 2 heterocycles. The van der Waals surface area contributed by atoms with Crippen molar-refractivity contribution in [3.8, 4) is 11.1 Å². The fourth-order valence-electron chi connectivity index (χ4n) is 2.68. The van der Waals surface area contributed by atoms with E-state index in [4.69, 9.17) is 4.74 Å². The molecule has 1 aromatic carbocycles. The summed E-state index contributed by atoms with van der Waals surface area (Å²) < 4.78 is 5.24. The molecule has 0 saturated carbocycles. The van der Waals surface area contributed by atoms with E-state index in [0.29, 0.717) is 17.2 Å². The molecule has 26 heavy (non-hydrogen) atoms. The second kappa shape index (κ2) is 7.66. The van der Waals surface area contributed by atoms with Gasteiger partial charge in [-0.15, -0.1) is 11.3 Å². The number of ether oxygens (including phenoxy) is 1. The SMILES string of the molecule is CCOC(=O)c1sc2nc(C)cc(-c3ccccc3)c2c1N=CN(C)C. The number of rotatable bonds is 5. The standard InChI is InChI=1S/C20H21N3O2S/c1-5-25-20(24)18-17(21-12-23(3)4)16-15(14-9-7-6-8-10-14)11-13(2)22-19(16)26-18/h6-12H,5H2,1-4H3. The first-order chi connectivity index (χ1) is 12.5. The molecule has 0 aliphatic carbocycles. The van der Waals surface area contributed by atoms with E-state index in [1.807, 2.05) is 50.2 Å². The van der Waals surface area contributed by atoms with Gasteiger partial charge in [0.1, 0.15) is 15.4 Å². The van der Waals surface area contributed by atoms with Crippen molar-refractivity contribution in [2.45, 2.75) is 13.8 Å². The van der Waals surface area contributed by atoms with E-state index in [9.17, 15) is 4.79 Å². The summed E-state index contributed by atoms with van der Waals surface area (Å²) in [5, 5.41) is 0.882. The first-order valence-electron chi connectivity index (χ1n) is 8.38. The number of esters is 1. The molecule has 2 aromatic heterocycles. The zero-order valence-corrected chi connectivity index (χ0v) is 16.1. The number of aliphatic imine (C=N–C) groups is 1. The number of carbonyl (C=O) groups is 1. The van der Waals surface area contributed by atoms with Crippen molar-refractivity contribution in [2.75, 3.05) is 20.7 Å². The normalized spacial score (nSPS) is 11.2. The van der Waals surface area contributed by atoms with E-state index >= 15 is 0 Å². The molecule has 0 aliphatic heterocycles. The van der Waals surface area contributed by atoms with Crippen LogP contribution in [0, 0.1) is 6.92 Å². The minimum Gasteiger partial charge on any atom is -0.462 e. The van der Waals surface area contributed by atoms with Crippen molar-refractivity contribution < 1.29 is 9.53 Å². The van der Waals surface area contributed by atoms with Crippen LogP contribution in [0.2, 0.25) is 0 Å². The lowest BCUT2D eigenvalue weighted by Crippen LogP contribution is -2.07. The molecule has 0 bridgehead atoms. The molecule has 134 valence electrons. The van der Waals surface area contributed by atoms with E-state index in [0.717, 1.165) is 27.0 Å². The second-order valence-electron chi connectivity index (χ2n) is 6.07. The van der Waals surface area contributed by atoms with Gasteiger partial charge in [0.15, 0.2) is 0 Å². The van der Waals surface area contributed by atoms with Gasteiger partial charge in [-0.2, -0.15) is 0 Å². The summed E-state index contributed by atoms with van der Waals surface area (Å²) in [6, 6.07) is 12.1. The van der Waals surface area contributed by atoms with Gasteiger partial charge in [-0.3, -0.25) is 0 Å². The van der Waals surface area contributed by atoms with Gasteiger partial charge < -0.3 is 9.64 Å². The third kappa shape index (κ3) is 3.60. The van der Waals surface area contributed by atoms with Crippen LogP contribution in [0.4, 0.5) is 5.69 Å². The van der Waals surface area contributed by atoms with Crippen molar-refractivity contribution in [2.24, 2.45) is 4.99 Å². The maximum absolute atomic E-state index is 12.5. The van der Waals surface area contributed by atoms with Gasteiger partial charge in [0, 0.05) is 25.2 Å². The van der Waals surface area contributed by atoms with Gasteiger partial charge in [-0.05, 0) is 31.0 Å². The van der Waals surface area contributed by atoms with Crippen molar-refractivity contribution in [1.82, 2.24) is 9.88 Å². The van der Waals surface area contributed by atoms with Gasteiger partial charge in [0.2, 0.25) is 0 Å². The number of thiophene rings is 1. The quantitative estimate of drug-likeness (QED) is 0.374. The summed E-state index contributed by atoms with van der Waals surface area (Å²) in [5.41, 5.74) is 3.60. The Morgan fingerprint density at radius 1 is 1.31 bits per heavy atom. The number of aryl methyl sites for hydroxylation is 1. The molecule has 0 N–H and O–H groups in total. The highest BCUT2D eigenvalue weighted by Crippen LogP contribution is 2.43. The Hall–Kier alpha value is -2.73. The zero-order valence-electron chi connectivity index (χ0n) is 15.3. The largest absolute Gasteiger partial charge is 0.462 e. The van der Waals surface area contributed by atoms with Crippen molar-refractivity contribution in [1.29, 1.82) is 0 Å².